The van der Waals surface area contributed by atoms with Gasteiger partial charge in [-0.15, -0.1) is 0 Å². The summed E-state index contributed by atoms with van der Waals surface area (Å²) >= 11 is 0. The first-order valence-electron chi connectivity index (χ1n) is 12.2. The Kier molecular flexibility index (Phi) is 8.31. The van der Waals surface area contributed by atoms with Crippen molar-refractivity contribution in [3.05, 3.63) is 77.4 Å². The van der Waals surface area contributed by atoms with Crippen LogP contribution in [0.15, 0.2) is 60.6 Å². The fourth-order valence-electron chi connectivity index (χ4n) is 4.23. The molecular weight excluding hydrogens is 447 g/mol. The molecule has 8 nitrogen and oxygen atoms in total. The minimum absolute atomic E-state index is 0.00568. The maximum Gasteiger partial charge on any atom is 0.226 e. The Hall–Kier alpha value is -3.46. The number of alkyl halides is 1. The molecule has 1 saturated carbocycles. The summed E-state index contributed by atoms with van der Waals surface area (Å²) in [6.45, 7) is 1.56. The van der Waals surface area contributed by atoms with Gasteiger partial charge in [-0.2, -0.15) is 5.53 Å². The largest absolute Gasteiger partial charge is 0.353 e. The Labute approximate surface area is 205 Å². The van der Waals surface area contributed by atoms with Crippen LogP contribution in [0.5, 0.6) is 0 Å². The molecular formula is C26H33FN6O2. The molecule has 2 aliphatic rings. The Balaban J connectivity index is 1.33. The summed E-state index contributed by atoms with van der Waals surface area (Å²) in [6.07, 6.45) is 5.97. The molecule has 1 aromatic carbocycles. The third kappa shape index (κ3) is 6.79. The van der Waals surface area contributed by atoms with E-state index in [1.165, 1.54) is 24.8 Å². The fraction of sp³-hybridized carbons (Fsp3) is 0.423. The van der Waals surface area contributed by atoms with Gasteiger partial charge in [0.2, 0.25) is 11.8 Å². The summed E-state index contributed by atoms with van der Waals surface area (Å²) in [4.78, 5) is 29.7. The molecule has 0 saturated heterocycles. The molecule has 0 bridgehead atoms. The number of nitrogens with one attached hydrogen (secondary N) is 5. The van der Waals surface area contributed by atoms with Crippen molar-refractivity contribution in [2.75, 3.05) is 6.54 Å². The normalized spacial score (nSPS) is 17.7. The Morgan fingerprint density at radius 2 is 1.97 bits per heavy atom. The molecule has 4 rings (SSSR count). The lowest BCUT2D eigenvalue weighted by atomic mass is 9.80. The molecule has 186 valence electrons. The molecule has 3 atom stereocenters. The van der Waals surface area contributed by atoms with Gasteiger partial charge in [-0.05, 0) is 42.4 Å². The Morgan fingerprint density at radius 1 is 1.17 bits per heavy atom. The summed E-state index contributed by atoms with van der Waals surface area (Å²) in [7, 11) is 0. The quantitative estimate of drug-likeness (QED) is 0.339. The summed E-state index contributed by atoms with van der Waals surface area (Å²) in [5.41, 5.74) is 11.7. The number of nitrogens with zero attached hydrogens (tertiary/aromatic N) is 1. The van der Waals surface area contributed by atoms with Crippen LogP contribution >= 0.6 is 0 Å². The number of halogens is 1. The molecule has 2 aromatic rings. The van der Waals surface area contributed by atoms with Crippen molar-refractivity contribution in [2.45, 2.75) is 57.2 Å². The average Bonchev–Trinajstić information content (AvgIpc) is 3.34. The lowest BCUT2D eigenvalue weighted by Gasteiger charge is -2.26. The minimum atomic E-state index is -1.34. The molecule has 0 radical (unpaired) electrons. The first-order chi connectivity index (χ1) is 17.0. The molecule has 2 heterocycles. The van der Waals surface area contributed by atoms with Crippen LogP contribution in [0.25, 0.3) is 0 Å². The summed E-state index contributed by atoms with van der Waals surface area (Å²) in [6, 6.07) is 13.3. The van der Waals surface area contributed by atoms with Gasteiger partial charge in [-0.3, -0.25) is 14.6 Å². The van der Waals surface area contributed by atoms with Gasteiger partial charge in [0.05, 0.1) is 23.9 Å². The number of benzene rings is 1. The van der Waals surface area contributed by atoms with Gasteiger partial charge in [-0.1, -0.05) is 49.7 Å². The predicted octanol–water partition coefficient (Wildman–Crippen LogP) is 2.88. The number of hydrazine groups is 2. The van der Waals surface area contributed by atoms with E-state index in [-0.39, 0.29) is 31.2 Å². The van der Waals surface area contributed by atoms with Crippen LogP contribution in [0.1, 0.15) is 67.8 Å². The van der Waals surface area contributed by atoms with Crippen molar-refractivity contribution in [1.82, 2.24) is 32.0 Å². The first kappa shape index (κ1) is 24.7. The Bertz CT molecular complexity index is 1030. The second-order valence-electron chi connectivity index (χ2n) is 9.28. The van der Waals surface area contributed by atoms with E-state index in [2.05, 4.69) is 38.1 Å². The second kappa shape index (κ2) is 11.8. The third-order valence-corrected chi connectivity index (χ3v) is 6.57. The number of hydrogen-bond donors (Lipinski definition) is 5. The van der Waals surface area contributed by atoms with Crippen LogP contribution in [-0.2, 0) is 9.59 Å². The number of pyridine rings is 1. The molecule has 1 aromatic heterocycles. The standard InChI is InChI=1S/C26H33FN6O2/c1-17(12-21(27)15-29-24(34)13-22-16-30-33-32-22)26(35)31-25(19-6-3-2-4-7-19)23-11-10-20(14-28-23)18-8-5-9-18/h2-4,6-7,10-11,14,16-18,21,25,30,32-33H,5,8-9,12-13,15H2,1H3,(H,29,34)(H,31,35)/t17-,21+,25?/m0/s1. The highest BCUT2D eigenvalue weighted by Crippen LogP contribution is 2.36. The second-order valence-corrected chi connectivity index (χ2v) is 9.28. The monoisotopic (exact) mass is 480 g/mol. The van der Waals surface area contributed by atoms with Gasteiger partial charge in [0, 0.05) is 24.9 Å². The van der Waals surface area contributed by atoms with Gasteiger partial charge >= 0.3 is 0 Å². The predicted molar refractivity (Wildman–Crippen MR) is 131 cm³/mol. The van der Waals surface area contributed by atoms with Crippen molar-refractivity contribution in [2.24, 2.45) is 5.92 Å². The molecule has 35 heavy (non-hydrogen) atoms. The lowest BCUT2D eigenvalue weighted by Crippen LogP contribution is -2.37. The number of amides is 2. The van der Waals surface area contributed by atoms with Gasteiger partial charge in [0.15, 0.2) is 0 Å². The van der Waals surface area contributed by atoms with Crippen LogP contribution < -0.4 is 27.0 Å². The third-order valence-electron chi connectivity index (χ3n) is 6.57. The Morgan fingerprint density at radius 3 is 2.60 bits per heavy atom. The highest BCUT2D eigenvalue weighted by atomic mass is 19.1. The number of aromatic nitrogens is 1. The van der Waals surface area contributed by atoms with E-state index in [1.807, 2.05) is 42.6 Å². The van der Waals surface area contributed by atoms with E-state index in [4.69, 9.17) is 0 Å². The maximum absolute atomic E-state index is 14.6. The van der Waals surface area contributed by atoms with Gasteiger partial charge in [0.1, 0.15) is 6.17 Å². The highest BCUT2D eigenvalue weighted by molar-refractivity contribution is 5.79. The van der Waals surface area contributed by atoms with Gasteiger partial charge < -0.3 is 21.5 Å². The number of carbonyl (C=O) groups excluding carboxylic acids is 2. The van der Waals surface area contributed by atoms with Crippen LogP contribution in [0.2, 0.25) is 0 Å². The van der Waals surface area contributed by atoms with E-state index in [9.17, 15) is 14.0 Å². The fourth-order valence-corrected chi connectivity index (χ4v) is 4.23. The zero-order valence-electron chi connectivity index (χ0n) is 19.9. The molecule has 1 aliphatic carbocycles. The van der Waals surface area contributed by atoms with Crippen LogP contribution in [-0.4, -0.2) is 29.5 Å². The van der Waals surface area contributed by atoms with Gasteiger partial charge in [-0.25, -0.2) is 4.39 Å². The van der Waals surface area contributed by atoms with E-state index in [0.717, 1.165) is 11.3 Å². The van der Waals surface area contributed by atoms with Crippen LogP contribution in [0.3, 0.4) is 0 Å². The summed E-state index contributed by atoms with van der Waals surface area (Å²) < 4.78 is 14.6. The summed E-state index contributed by atoms with van der Waals surface area (Å²) in [5.74, 6) is -0.539. The SMILES string of the molecule is C[C@@H](C[C@@H](F)CNC(=O)CC1=CNNN1)C(=O)NC(c1ccccc1)c1ccc(C2CCC2)cn1. The van der Waals surface area contributed by atoms with E-state index in [0.29, 0.717) is 11.6 Å². The molecule has 0 spiro atoms. The van der Waals surface area contributed by atoms with E-state index in [1.54, 1.807) is 13.1 Å². The van der Waals surface area contributed by atoms with Crippen LogP contribution in [0, 0.1) is 5.92 Å². The van der Waals surface area contributed by atoms with Crippen molar-refractivity contribution >= 4 is 11.8 Å². The van der Waals surface area contributed by atoms with Crippen molar-refractivity contribution in [1.29, 1.82) is 0 Å². The maximum atomic E-state index is 14.6. The van der Waals surface area contributed by atoms with Gasteiger partial charge in [0.25, 0.3) is 0 Å². The highest BCUT2D eigenvalue weighted by Gasteiger charge is 2.25. The average molecular weight is 481 g/mol. The number of carbonyl (C=O) groups is 2. The number of rotatable bonds is 11. The molecule has 1 unspecified atom stereocenters. The van der Waals surface area contributed by atoms with E-state index < -0.39 is 18.1 Å². The minimum Gasteiger partial charge on any atom is -0.353 e. The molecule has 5 N–H and O–H groups in total. The molecule has 1 fully saturated rings. The number of hydrogen-bond acceptors (Lipinski definition) is 6. The first-order valence-corrected chi connectivity index (χ1v) is 12.2. The molecule has 2 amide bonds. The van der Waals surface area contributed by atoms with Crippen molar-refractivity contribution in [3.63, 3.8) is 0 Å². The smallest absolute Gasteiger partial charge is 0.226 e. The lowest BCUT2D eigenvalue weighted by molar-refractivity contribution is -0.125. The molecule has 9 heteroatoms. The van der Waals surface area contributed by atoms with E-state index >= 15 is 0 Å². The topological polar surface area (TPSA) is 107 Å². The van der Waals surface area contributed by atoms with Crippen molar-refractivity contribution in [3.8, 4) is 0 Å². The zero-order chi connectivity index (χ0) is 24.6. The zero-order valence-corrected chi connectivity index (χ0v) is 19.9. The van der Waals surface area contributed by atoms with Crippen molar-refractivity contribution < 1.29 is 14.0 Å². The summed E-state index contributed by atoms with van der Waals surface area (Å²) in [5, 5.41) is 5.64. The molecule has 1 aliphatic heterocycles. The van der Waals surface area contributed by atoms with Crippen LogP contribution in [0.4, 0.5) is 4.39 Å².